The molecule has 0 amide bonds. The fourth-order valence-electron chi connectivity index (χ4n) is 2.69. The Morgan fingerprint density at radius 1 is 0.815 bits per heavy atom. The molecule has 0 atom stereocenters. The van der Waals surface area contributed by atoms with Gasteiger partial charge in [-0.25, -0.2) is 17.6 Å². The molecule has 0 aromatic heterocycles. The maximum Gasteiger partial charge on any atom is 0.409 e. The average molecular weight is 390 g/mol. The van der Waals surface area contributed by atoms with Gasteiger partial charge in [-0.05, 0) is 54.3 Å². The van der Waals surface area contributed by atoms with Gasteiger partial charge in [0.05, 0.1) is 5.56 Å². The summed E-state index contributed by atoms with van der Waals surface area (Å²) in [7, 11) is 0. The van der Waals surface area contributed by atoms with E-state index in [4.69, 9.17) is 0 Å². The van der Waals surface area contributed by atoms with E-state index in [1.54, 1.807) is 0 Å². The van der Waals surface area contributed by atoms with Crippen LogP contribution in [0.25, 0.3) is 17.2 Å². The highest BCUT2D eigenvalue weighted by molar-refractivity contribution is 5.68. The van der Waals surface area contributed by atoms with E-state index in [-0.39, 0.29) is 12.2 Å². The van der Waals surface area contributed by atoms with Crippen LogP contribution in [0.2, 0.25) is 0 Å². The van der Waals surface area contributed by atoms with Gasteiger partial charge in [0.25, 0.3) is 0 Å². The highest BCUT2D eigenvalue weighted by Gasteiger charge is 2.23. The molecule has 0 N–H and O–H groups in total. The number of hydrogen-bond donors (Lipinski definition) is 0. The lowest BCUT2D eigenvalue weighted by Crippen LogP contribution is -2.01. The number of alkyl halides is 3. The first-order valence-electron chi connectivity index (χ1n) is 8.35. The van der Waals surface area contributed by atoms with Crippen LogP contribution < -0.4 is 0 Å². The molecule has 0 aliphatic heterocycles. The molecule has 0 fully saturated rings. The number of benzene rings is 2. The topological polar surface area (TPSA) is 0 Å². The third kappa shape index (κ3) is 5.58. The molecule has 0 saturated heterocycles. The lowest BCUT2D eigenvalue weighted by Gasteiger charge is -2.10. The monoisotopic (exact) mass is 390 g/mol. The van der Waals surface area contributed by atoms with Crippen molar-refractivity contribution in [3.8, 4) is 11.1 Å². The molecule has 7 heteroatoms. The van der Waals surface area contributed by atoms with E-state index in [1.807, 2.05) is 6.92 Å². The zero-order chi connectivity index (χ0) is 20.2. The lowest BCUT2D eigenvalue weighted by atomic mass is 9.98. The van der Waals surface area contributed by atoms with Crippen LogP contribution in [0, 0.1) is 23.3 Å². The van der Waals surface area contributed by atoms with Crippen molar-refractivity contribution < 1.29 is 30.7 Å². The van der Waals surface area contributed by atoms with Crippen molar-refractivity contribution in [2.24, 2.45) is 0 Å². The minimum Gasteiger partial charge on any atom is -0.206 e. The molecule has 2 aromatic carbocycles. The Kier molecular flexibility index (Phi) is 6.68. The first-order valence-corrected chi connectivity index (χ1v) is 8.35. The molecule has 2 aromatic rings. The minimum atomic E-state index is -4.75. The van der Waals surface area contributed by atoms with Gasteiger partial charge in [-0.15, -0.1) is 0 Å². The largest absolute Gasteiger partial charge is 0.409 e. The Labute approximate surface area is 152 Å². The standard InChI is InChI=1S/C20H17F7/c1-2-3-4-5-12-8-17(23)19(18(24)9-12)13-10-15(21)14(16(22)11-13)6-7-20(25,26)27/h6-11H,2-5H2,1H3/b7-6+. The van der Waals surface area contributed by atoms with Crippen LogP contribution in [0.5, 0.6) is 0 Å². The van der Waals surface area contributed by atoms with Gasteiger partial charge in [-0.1, -0.05) is 19.8 Å². The van der Waals surface area contributed by atoms with Gasteiger partial charge >= 0.3 is 6.18 Å². The van der Waals surface area contributed by atoms with Crippen molar-refractivity contribution in [2.75, 3.05) is 0 Å². The Bertz CT molecular complexity index is 789. The van der Waals surface area contributed by atoms with Gasteiger partial charge in [-0.3, -0.25) is 0 Å². The molecular weight excluding hydrogens is 373 g/mol. The Hall–Kier alpha value is -2.31. The second-order valence-corrected chi connectivity index (χ2v) is 6.12. The molecule has 0 aliphatic carbocycles. The molecule has 0 radical (unpaired) electrons. The second kappa shape index (κ2) is 8.59. The summed E-state index contributed by atoms with van der Waals surface area (Å²) >= 11 is 0. The smallest absolute Gasteiger partial charge is 0.206 e. The van der Waals surface area contributed by atoms with Crippen molar-refractivity contribution in [3.05, 3.63) is 64.7 Å². The van der Waals surface area contributed by atoms with Crippen molar-refractivity contribution in [2.45, 2.75) is 38.8 Å². The molecule has 0 heterocycles. The second-order valence-electron chi connectivity index (χ2n) is 6.12. The lowest BCUT2D eigenvalue weighted by molar-refractivity contribution is -0.0790. The van der Waals surface area contributed by atoms with E-state index in [2.05, 4.69) is 0 Å². The zero-order valence-electron chi connectivity index (χ0n) is 14.4. The van der Waals surface area contributed by atoms with Crippen LogP contribution in [0.4, 0.5) is 30.7 Å². The summed E-state index contributed by atoms with van der Waals surface area (Å²) in [6.45, 7) is 1.99. The van der Waals surface area contributed by atoms with E-state index in [0.29, 0.717) is 24.1 Å². The third-order valence-corrected chi connectivity index (χ3v) is 3.98. The summed E-state index contributed by atoms with van der Waals surface area (Å²) in [6.07, 6.45) is -1.78. The highest BCUT2D eigenvalue weighted by Crippen LogP contribution is 2.31. The van der Waals surface area contributed by atoms with Gasteiger partial charge in [0, 0.05) is 11.6 Å². The molecule has 2 rings (SSSR count). The minimum absolute atomic E-state index is 0.234. The SMILES string of the molecule is CCCCCc1cc(F)c(-c2cc(F)c(/C=C/C(F)(F)F)c(F)c2)c(F)c1. The third-order valence-electron chi connectivity index (χ3n) is 3.98. The zero-order valence-corrected chi connectivity index (χ0v) is 14.4. The van der Waals surface area contributed by atoms with Gasteiger partial charge in [-0.2, -0.15) is 13.2 Å². The fourth-order valence-corrected chi connectivity index (χ4v) is 2.69. The number of hydrogen-bond acceptors (Lipinski definition) is 0. The van der Waals surface area contributed by atoms with Gasteiger partial charge in [0.15, 0.2) is 0 Å². The molecule has 0 aliphatic rings. The highest BCUT2D eigenvalue weighted by atomic mass is 19.4. The summed E-state index contributed by atoms with van der Waals surface area (Å²) in [5.74, 6) is -4.68. The van der Waals surface area contributed by atoms with E-state index < -0.39 is 46.1 Å². The van der Waals surface area contributed by atoms with E-state index in [1.165, 1.54) is 0 Å². The summed E-state index contributed by atoms with van der Waals surface area (Å²) < 4.78 is 93.2. The van der Waals surface area contributed by atoms with Crippen LogP contribution in [0.3, 0.4) is 0 Å². The van der Waals surface area contributed by atoms with Crippen LogP contribution in [0.15, 0.2) is 30.3 Å². The molecule has 0 nitrogen and oxygen atoms in total. The number of allylic oxidation sites excluding steroid dienone is 1. The molecule has 0 bridgehead atoms. The first kappa shape index (κ1) is 21.0. The van der Waals surface area contributed by atoms with Crippen molar-refractivity contribution in [1.82, 2.24) is 0 Å². The molecule has 0 unspecified atom stereocenters. The van der Waals surface area contributed by atoms with E-state index in [9.17, 15) is 30.7 Å². The molecule has 27 heavy (non-hydrogen) atoms. The normalized spacial score (nSPS) is 12.1. The number of rotatable bonds is 6. The summed E-state index contributed by atoms with van der Waals surface area (Å²) in [6, 6.07) is 3.41. The van der Waals surface area contributed by atoms with Crippen LogP contribution in [0.1, 0.15) is 37.3 Å². The molecular formula is C20H17F7. The number of halogens is 7. The number of unbranched alkanes of at least 4 members (excludes halogenated alkanes) is 2. The van der Waals surface area contributed by atoms with E-state index in [0.717, 1.165) is 31.4 Å². The molecule has 0 spiro atoms. The Morgan fingerprint density at radius 3 is 1.85 bits per heavy atom. The predicted octanol–water partition coefficient (Wildman–Crippen LogP) is 7.22. The fraction of sp³-hybridized carbons (Fsp3) is 0.300. The van der Waals surface area contributed by atoms with Crippen LogP contribution >= 0.6 is 0 Å². The molecule has 0 saturated carbocycles. The Morgan fingerprint density at radius 2 is 1.37 bits per heavy atom. The van der Waals surface area contributed by atoms with Crippen molar-refractivity contribution in [3.63, 3.8) is 0 Å². The summed E-state index contributed by atoms with van der Waals surface area (Å²) in [4.78, 5) is 0. The average Bonchev–Trinajstić information content (AvgIpc) is 2.52. The number of aryl methyl sites for hydroxylation is 1. The maximum absolute atomic E-state index is 14.3. The molecule has 146 valence electrons. The summed E-state index contributed by atoms with van der Waals surface area (Å²) in [5, 5.41) is 0. The van der Waals surface area contributed by atoms with Gasteiger partial charge < -0.3 is 0 Å². The summed E-state index contributed by atoms with van der Waals surface area (Å²) in [5.41, 5.74) is -1.57. The maximum atomic E-state index is 14.3. The van der Waals surface area contributed by atoms with E-state index >= 15 is 0 Å². The van der Waals surface area contributed by atoms with Crippen LogP contribution in [-0.2, 0) is 6.42 Å². The quantitative estimate of drug-likeness (QED) is 0.361. The van der Waals surface area contributed by atoms with Gasteiger partial charge in [0.2, 0.25) is 0 Å². The Balaban J connectivity index is 2.40. The first-order chi connectivity index (χ1) is 12.6. The van der Waals surface area contributed by atoms with Crippen LogP contribution in [-0.4, -0.2) is 6.18 Å². The predicted molar refractivity (Wildman–Crippen MR) is 90.0 cm³/mol. The van der Waals surface area contributed by atoms with Crippen molar-refractivity contribution >= 4 is 6.08 Å². The van der Waals surface area contributed by atoms with Crippen molar-refractivity contribution in [1.29, 1.82) is 0 Å². The van der Waals surface area contributed by atoms with Gasteiger partial charge in [0.1, 0.15) is 23.3 Å².